The number of benzene rings is 2. The Hall–Kier alpha value is -2.01. The van der Waals surface area contributed by atoms with Gasteiger partial charge in [0.05, 0.1) is 18.7 Å². The highest BCUT2D eigenvalue weighted by Gasteiger charge is 2.15. The molecule has 2 aromatic rings. The number of nitrogens with two attached hydrogens (primary N) is 1. The first kappa shape index (κ1) is 15.4. The summed E-state index contributed by atoms with van der Waals surface area (Å²) in [6.45, 7) is 1.93. The predicted molar refractivity (Wildman–Crippen MR) is 87.4 cm³/mol. The molecule has 2 aromatic carbocycles. The van der Waals surface area contributed by atoms with Gasteiger partial charge < -0.3 is 15.8 Å². The summed E-state index contributed by atoms with van der Waals surface area (Å²) in [5.41, 5.74) is 7.71. The second-order valence-corrected chi connectivity index (χ2v) is 5.62. The second-order valence-electron chi connectivity index (χ2n) is 4.70. The lowest BCUT2D eigenvalue weighted by Crippen LogP contribution is -2.27. The van der Waals surface area contributed by atoms with Crippen LogP contribution < -0.4 is 15.8 Å². The number of hydrogen-bond acceptors (Lipinski definition) is 3. The third kappa shape index (κ3) is 3.76. The van der Waals surface area contributed by atoms with Gasteiger partial charge in [-0.3, -0.25) is 4.79 Å². The monoisotopic (exact) mass is 348 g/mol. The number of anilines is 1. The van der Waals surface area contributed by atoms with Crippen LogP contribution in [-0.2, 0) is 0 Å². The molecule has 2 rings (SSSR count). The summed E-state index contributed by atoms with van der Waals surface area (Å²) < 4.78 is 6.10. The molecule has 0 aliphatic rings. The van der Waals surface area contributed by atoms with E-state index in [0.717, 1.165) is 10.0 Å². The Morgan fingerprint density at radius 3 is 2.71 bits per heavy atom. The quantitative estimate of drug-likeness (QED) is 0.830. The molecule has 3 N–H and O–H groups in total. The number of amides is 1. The molecule has 0 aromatic heterocycles. The summed E-state index contributed by atoms with van der Waals surface area (Å²) in [5, 5.41) is 2.94. The zero-order valence-electron chi connectivity index (χ0n) is 11.9. The number of rotatable bonds is 4. The van der Waals surface area contributed by atoms with Gasteiger partial charge in [-0.05, 0) is 42.8 Å². The molecule has 0 radical (unpaired) electrons. The van der Waals surface area contributed by atoms with E-state index in [9.17, 15) is 4.79 Å². The number of halogens is 1. The second kappa shape index (κ2) is 6.63. The number of hydrogen-bond donors (Lipinski definition) is 2. The normalized spacial score (nSPS) is 11.8. The molecule has 4 nitrogen and oxygen atoms in total. The maximum absolute atomic E-state index is 12.3. The van der Waals surface area contributed by atoms with E-state index >= 15 is 0 Å². The van der Waals surface area contributed by atoms with Crippen molar-refractivity contribution in [2.75, 3.05) is 12.8 Å². The van der Waals surface area contributed by atoms with Gasteiger partial charge in [-0.25, -0.2) is 0 Å². The minimum absolute atomic E-state index is 0.124. The van der Waals surface area contributed by atoms with Crippen LogP contribution >= 0.6 is 15.9 Å². The Kier molecular flexibility index (Phi) is 4.85. The lowest BCUT2D eigenvalue weighted by atomic mass is 10.1. The molecule has 0 heterocycles. The molecule has 1 atom stereocenters. The van der Waals surface area contributed by atoms with Crippen molar-refractivity contribution in [2.45, 2.75) is 13.0 Å². The number of nitrogen functional groups attached to an aromatic ring is 1. The van der Waals surface area contributed by atoms with E-state index in [0.29, 0.717) is 17.0 Å². The molecule has 0 bridgehead atoms. The fraction of sp³-hybridized carbons (Fsp3) is 0.188. The third-order valence-corrected chi connectivity index (χ3v) is 3.69. The van der Waals surface area contributed by atoms with Crippen LogP contribution in [0, 0.1) is 0 Å². The number of ether oxygens (including phenoxy) is 1. The lowest BCUT2D eigenvalue weighted by Gasteiger charge is -2.16. The van der Waals surface area contributed by atoms with Crippen LogP contribution in [0.15, 0.2) is 46.9 Å². The first-order chi connectivity index (χ1) is 10.0. The SMILES string of the molecule is COc1ccc(N)c(C(=O)NC(C)c2cccc(Br)c2)c1. The Bertz CT molecular complexity index is 658. The van der Waals surface area contributed by atoms with Crippen molar-refractivity contribution >= 4 is 27.5 Å². The average molecular weight is 349 g/mol. The van der Waals surface area contributed by atoms with Gasteiger partial charge in [0.1, 0.15) is 5.75 Å². The minimum Gasteiger partial charge on any atom is -0.497 e. The van der Waals surface area contributed by atoms with E-state index in [2.05, 4.69) is 21.2 Å². The number of methoxy groups -OCH3 is 1. The molecule has 5 heteroatoms. The van der Waals surface area contributed by atoms with Crippen LogP contribution in [-0.4, -0.2) is 13.0 Å². The molecule has 0 fully saturated rings. The van der Waals surface area contributed by atoms with E-state index in [-0.39, 0.29) is 11.9 Å². The van der Waals surface area contributed by atoms with Crippen LogP contribution in [0.1, 0.15) is 28.9 Å². The van der Waals surface area contributed by atoms with Crippen molar-refractivity contribution in [3.8, 4) is 5.75 Å². The predicted octanol–water partition coefficient (Wildman–Crippen LogP) is 3.53. The average Bonchev–Trinajstić information content (AvgIpc) is 2.47. The smallest absolute Gasteiger partial charge is 0.253 e. The highest BCUT2D eigenvalue weighted by atomic mass is 79.9. The molecule has 0 saturated heterocycles. The fourth-order valence-corrected chi connectivity index (χ4v) is 2.41. The van der Waals surface area contributed by atoms with Crippen molar-refractivity contribution in [1.29, 1.82) is 0 Å². The lowest BCUT2D eigenvalue weighted by molar-refractivity contribution is 0.0940. The summed E-state index contributed by atoms with van der Waals surface area (Å²) in [6.07, 6.45) is 0. The Balaban J connectivity index is 2.18. The van der Waals surface area contributed by atoms with Gasteiger partial charge in [0.15, 0.2) is 0 Å². The zero-order valence-corrected chi connectivity index (χ0v) is 13.5. The van der Waals surface area contributed by atoms with Gasteiger partial charge in [0.2, 0.25) is 0 Å². The van der Waals surface area contributed by atoms with E-state index in [1.807, 2.05) is 31.2 Å². The largest absolute Gasteiger partial charge is 0.497 e. The zero-order chi connectivity index (χ0) is 15.4. The van der Waals surface area contributed by atoms with Crippen LogP contribution in [0.25, 0.3) is 0 Å². The highest BCUT2D eigenvalue weighted by Crippen LogP contribution is 2.22. The van der Waals surface area contributed by atoms with E-state index in [1.54, 1.807) is 25.3 Å². The molecule has 0 aliphatic heterocycles. The van der Waals surface area contributed by atoms with Gasteiger partial charge in [-0.1, -0.05) is 28.1 Å². The van der Waals surface area contributed by atoms with Crippen LogP contribution in [0.2, 0.25) is 0 Å². The van der Waals surface area contributed by atoms with Gasteiger partial charge >= 0.3 is 0 Å². The Morgan fingerprint density at radius 2 is 2.05 bits per heavy atom. The summed E-state index contributed by atoms with van der Waals surface area (Å²) in [6, 6.07) is 12.7. The van der Waals surface area contributed by atoms with Crippen molar-refractivity contribution in [1.82, 2.24) is 5.32 Å². The summed E-state index contributed by atoms with van der Waals surface area (Å²) in [5.74, 6) is 0.378. The summed E-state index contributed by atoms with van der Waals surface area (Å²) in [7, 11) is 1.55. The molecule has 1 amide bonds. The van der Waals surface area contributed by atoms with Gasteiger partial charge in [-0.2, -0.15) is 0 Å². The van der Waals surface area contributed by atoms with E-state index in [1.165, 1.54) is 0 Å². The molecule has 0 aliphatic carbocycles. The van der Waals surface area contributed by atoms with E-state index in [4.69, 9.17) is 10.5 Å². The third-order valence-electron chi connectivity index (χ3n) is 3.20. The fourth-order valence-electron chi connectivity index (χ4n) is 1.99. The number of carbonyl (C=O) groups excluding carboxylic acids is 1. The minimum atomic E-state index is -0.223. The molecule has 0 spiro atoms. The van der Waals surface area contributed by atoms with Crippen molar-refractivity contribution in [2.24, 2.45) is 0 Å². The molecular weight excluding hydrogens is 332 g/mol. The van der Waals surface area contributed by atoms with Crippen molar-refractivity contribution in [3.05, 3.63) is 58.1 Å². The van der Waals surface area contributed by atoms with Crippen LogP contribution in [0.5, 0.6) is 5.75 Å². The van der Waals surface area contributed by atoms with E-state index < -0.39 is 0 Å². The molecule has 21 heavy (non-hydrogen) atoms. The Labute approximate surface area is 132 Å². The maximum Gasteiger partial charge on any atom is 0.253 e. The summed E-state index contributed by atoms with van der Waals surface area (Å²) in [4.78, 5) is 12.3. The molecular formula is C16H17BrN2O2. The molecule has 1 unspecified atom stereocenters. The van der Waals surface area contributed by atoms with Crippen LogP contribution in [0.3, 0.4) is 0 Å². The summed E-state index contributed by atoms with van der Waals surface area (Å²) >= 11 is 3.42. The van der Waals surface area contributed by atoms with Gasteiger partial charge in [0.25, 0.3) is 5.91 Å². The first-order valence-electron chi connectivity index (χ1n) is 6.51. The first-order valence-corrected chi connectivity index (χ1v) is 7.30. The van der Waals surface area contributed by atoms with Gasteiger partial charge in [0, 0.05) is 10.2 Å². The Morgan fingerprint density at radius 1 is 1.29 bits per heavy atom. The molecule has 0 saturated carbocycles. The molecule has 110 valence electrons. The van der Waals surface area contributed by atoms with Crippen molar-refractivity contribution < 1.29 is 9.53 Å². The van der Waals surface area contributed by atoms with Crippen LogP contribution in [0.4, 0.5) is 5.69 Å². The topological polar surface area (TPSA) is 64.3 Å². The highest BCUT2D eigenvalue weighted by molar-refractivity contribution is 9.10. The number of carbonyl (C=O) groups is 1. The maximum atomic E-state index is 12.3. The van der Waals surface area contributed by atoms with Crippen molar-refractivity contribution in [3.63, 3.8) is 0 Å². The van der Waals surface area contributed by atoms with Gasteiger partial charge in [-0.15, -0.1) is 0 Å². The number of nitrogens with one attached hydrogen (secondary N) is 1. The standard InChI is InChI=1S/C16H17BrN2O2/c1-10(11-4-3-5-12(17)8-11)19-16(20)14-9-13(21-2)6-7-15(14)18/h3-10H,18H2,1-2H3,(H,19,20).